The molecule has 0 saturated carbocycles. The fraction of sp³-hybridized carbons (Fsp3) is 0.300. The van der Waals surface area contributed by atoms with Gasteiger partial charge in [0.15, 0.2) is 0 Å². The number of para-hydroxylation sites is 2. The van der Waals surface area contributed by atoms with E-state index < -0.39 is 15.9 Å². The van der Waals surface area contributed by atoms with E-state index in [9.17, 15) is 18.0 Å². The van der Waals surface area contributed by atoms with Gasteiger partial charge in [0.1, 0.15) is 5.75 Å². The van der Waals surface area contributed by atoms with Crippen LogP contribution in [0.3, 0.4) is 0 Å². The number of hydrogen-bond donors (Lipinski definition) is 2. The predicted octanol–water partition coefficient (Wildman–Crippen LogP) is 1.40. The van der Waals surface area contributed by atoms with E-state index in [1.807, 2.05) is 19.1 Å². The highest BCUT2D eigenvalue weighted by molar-refractivity contribution is 7.89. The van der Waals surface area contributed by atoms with Crippen LogP contribution in [0, 0.1) is 5.92 Å². The topological polar surface area (TPSA) is 119 Å². The highest BCUT2D eigenvalue weighted by atomic mass is 32.2. The molecule has 3 N–H and O–H groups in total. The van der Waals surface area contributed by atoms with Gasteiger partial charge in [-0.25, -0.2) is 13.6 Å². The van der Waals surface area contributed by atoms with Crippen LogP contribution in [0.4, 0.5) is 5.69 Å². The number of ether oxygens (including phenoxy) is 1. The summed E-state index contributed by atoms with van der Waals surface area (Å²) in [7, 11) is -3.75. The molecule has 8 nitrogen and oxygen atoms in total. The lowest BCUT2D eigenvalue weighted by Crippen LogP contribution is -2.32. The molecule has 2 aromatic carbocycles. The van der Waals surface area contributed by atoms with E-state index in [1.165, 1.54) is 12.1 Å². The van der Waals surface area contributed by atoms with Crippen LogP contribution in [-0.4, -0.2) is 33.4 Å². The molecule has 1 heterocycles. The molecule has 1 aliphatic heterocycles. The Bertz CT molecular complexity index is 1010. The van der Waals surface area contributed by atoms with Gasteiger partial charge in [-0.1, -0.05) is 24.3 Å². The molecule has 9 heteroatoms. The summed E-state index contributed by atoms with van der Waals surface area (Å²) in [5.74, 6) is -0.222. The van der Waals surface area contributed by atoms with Crippen molar-refractivity contribution in [1.29, 1.82) is 0 Å². The maximum atomic E-state index is 12.5. The van der Waals surface area contributed by atoms with Gasteiger partial charge in [0, 0.05) is 19.5 Å². The zero-order chi connectivity index (χ0) is 21.0. The van der Waals surface area contributed by atoms with Gasteiger partial charge in [0.05, 0.1) is 23.1 Å². The first-order valence-electron chi connectivity index (χ1n) is 9.21. The molecular formula is C20H23N3O5S. The van der Waals surface area contributed by atoms with Crippen molar-refractivity contribution < 1.29 is 22.7 Å². The smallest absolute Gasteiger partial charge is 0.238 e. The molecule has 2 aromatic rings. The van der Waals surface area contributed by atoms with Gasteiger partial charge < -0.3 is 15.0 Å². The minimum atomic E-state index is -3.75. The lowest BCUT2D eigenvalue weighted by molar-refractivity contribution is -0.126. The fourth-order valence-electron chi connectivity index (χ4n) is 3.20. The fourth-order valence-corrected chi connectivity index (χ4v) is 3.72. The second-order valence-electron chi connectivity index (χ2n) is 6.71. The van der Waals surface area contributed by atoms with Crippen LogP contribution in [0.25, 0.3) is 0 Å². The lowest BCUT2D eigenvalue weighted by Gasteiger charge is -2.20. The van der Waals surface area contributed by atoms with Crippen molar-refractivity contribution in [2.45, 2.75) is 24.8 Å². The Balaban J connectivity index is 1.62. The third-order valence-electron chi connectivity index (χ3n) is 4.67. The summed E-state index contributed by atoms with van der Waals surface area (Å²) in [5.41, 5.74) is 1.39. The number of sulfonamides is 1. The summed E-state index contributed by atoms with van der Waals surface area (Å²) in [4.78, 5) is 26.6. The van der Waals surface area contributed by atoms with Crippen molar-refractivity contribution in [3.05, 3.63) is 54.1 Å². The van der Waals surface area contributed by atoms with Crippen molar-refractivity contribution in [2.24, 2.45) is 11.1 Å². The van der Waals surface area contributed by atoms with Crippen LogP contribution in [0.1, 0.15) is 18.9 Å². The molecule has 3 rings (SSSR count). The number of benzene rings is 2. The zero-order valence-corrected chi connectivity index (χ0v) is 16.8. The van der Waals surface area contributed by atoms with E-state index in [1.54, 1.807) is 29.2 Å². The second kappa shape index (κ2) is 8.62. The largest absolute Gasteiger partial charge is 0.492 e. The number of primary sulfonamides is 1. The summed E-state index contributed by atoms with van der Waals surface area (Å²) in [5, 5.41) is 7.87. The molecule has 29 heavy (non-hydrogen) atoms. The number of anilines is 1. The Morgan fingerprint density at radius 3 is 2.55 bits per heavy atom. The first kappa shape index (κ1) is 20.8. The number of amides is 2. The molecule has 1 atom stereocenters. The minimum absolute atomic E-state index is 0.0116. The van der Waals surface area contributed by atoms with Crippen LogP contribution >= 0.6 is 0 Å². The molecule has 0 aliphatic carbocycles. The van der Waals surface area contributed by atoms with Crippen molar-refractivity contribution in [3.8, 4) is 5.75 Å². The van der Waals surface area contributed by atoms with Gasteiger partial charge in [-0.05, 0) is 36.8 Å². The van der Waals surface area contributed by atoms with E-state index in [0.717, 1.165) is 5.56 Å². The first-order valence-corrected chi connectivity index (χ1v) is 10.8. The second-order valence-corrected chi connectivity index (χ2v) is 8.27. The summed E-state index contributed by atoms with van der Waals surface area (Å²) in [6, 6.07) is 13.2. The van der Waals surface area contributed by atoms with E-state index in [4.69, 9.17) is 9.88 Å². The van der Waals surface area contributed by atoms with Crippen molar-refractivity contribution in [3.63, 3.8) is 0 Å². The third kappa shape index (κ3) is 4.93. The number of rotatable bonds is 7. The average molecular weight is 417 g/mol. The monoisotopic (exact) mass is 417 g/mol. The molecule has 2 amide bonds. The van der Waals surface area contributed by atoms with Crippen LogP contribution in [0.5, 0.6) is 5.75 Å². The number of carbonyl (C=O) groups excluding carboxylic acids is 2. The molecule has 1 unspecified atom stereocenters. The number of nitrogens with two attached hydrogens (primary N) is 1. The van der Waals surface area contributed by atoms with Gasteiger partial charge >= 0.3 is 0 Å². The standard InChI is InChI=1S/C20H23N3O5S/c1-2-28-18-6-4-3-5-17(18)23-13-15(11-19(23)24)20(25)22-12-14-7-9-16(10-8-14)29(21,26)27/h3-10,15H,2,11-13H2,1H3,(H,22,25)(H2,21,26,27). The average Bonchev–Trinajstić information content (AvgIpc) is 3.08. The number of carbonyl (C=O) groups is 2. The van der Waals surface area contributed by atoms with Crippen LogP contribution < -0.4 is 20.1 Å². The van der Waals surface area contributed by atoms with Gasteiger partial charge in [0.25, 0.3) is 0 Å². The molecule has 1 saturated heterocycles. The van der Waals surface area contributed by atoms with Crippen molar-refractivity contribution in [2.75, 3.05) is 18.1 Å². The Kier molecular flexibility index (Phi) is 6.19. The maximum Gasteiger partial charge on any atom is 0.238 e. The highest BCUT2D eigenvalue weighted by Crippen LogP contribution is 2.33. The van der Waals surface area contributed by atoms with Gasteiger partial charge in [-0.15, -0.1) is 0 Å². The van der Waals surface area contributed by atoms with Gasteiger partial charge in [-0.3, -0.25) is 9.59 Å². The zero-order valence-electron chi connectivity index (χ0n) is 16.0. The van der Waals surface area contributed by atoms with Gasteiger partial charge in [0.2, 0.25) is 21.8 Å². The molecule has 1 fully saturated rings. The Labute approximate surface area is 169 Å². The van der Waals surface area contributed by atoms with Gasteiger partial charge in [-0.2, -0.15) is 0 Å². The predicted molar refractivity (Wildman–Crippen MR) is 108 cm³/mol. The Hall–Kier alpha value is -2.91. The molecule has 0 bridgehead atoms. The summed E-state index contributed by atoms with van der Waals surface area (Å²) < 4.78 is 28.2. The molecule has 0 aromatic heterocycles. The SMILES string of the molecule is CCOc1ccccc1N1CC(C(=O)NCc2ccc(S(N)(=O)=O)cc2)CC1=O. The summed E-state index contributed by atoms with van der Waals surface area (Å²) in [6.07, 6.45) is 0.122. The van der Waals surface area contributed by atoms with E-state index >= 15 is 0 Å². The molecule has 1 aliphatic rings. The lowest BCUT2D eigenvalue weighted by atomic mass is 10.1. The minimum Gasteiger partial charge on any atom is -0.492 e. The normalized spacial score (nSPS) is 16.7. The van der Waals surface area contributed by atoms with Crippen LogP contribution in [-0.2, 0) is 26.2 Å². The summed E-state index contributed by atoms with van der Waals surface area (Å²) >= 11 is 0. The van der Waals surface area contributed by atoms with Crippen molar-refractivity contribution in [1.82, 2.24) is 5.32 Å². The summed E-state index contributed by atoms with van der Waals surface area (Å²) in [6.45, 7) is 2.85. The highest BCUT2D eigenvalue weighted by Gasteiger charge is 2.36. The Morgan fingerprint density at radius 1 is 1.21 bits per heavy atom. The molecule has 0 spiro atoms. The molecule has 0 radical (unpaired) electrons. The maximum absolute atomic E-state index is 12.5. The van der Waals surface area contributed by atoms with Crippen LogP contribution in [0.2, 0.25) is 0 Å². The Morgan fingerprint density at radius 2 is 1.90 bits per heavy atom. The van der Waals surface area contributed by atoms with Crippen molar-refractivity contribution >= 4 is 27.5 Å². The quantitative estimate of drug-likeness (QED) is 0.706. The molecular weight excluding hydrogens is 394 g/mol. The first-order chi connectivity index (χ1) is 13.8. The van der Waals surface area contributed by atoms with E-state index in [2.05, 4.69) is 5.32 Å². The molecule has 154 valence electrons. The van der Waals surface area contributed by atoms with Crippen LogP contribution in [0.15, 0.2) is 53.4 Å². The van der Waals surface area contributed by atoms with E-state index in [-0.39, 0.29) is 36.2 Å². The third-order valence-corrected chi connectivity index (χ3v) is 5.60. The number of nitrogens with one attached hydrogen (secondary N) is 1. The number of hydrogen-bond acceptors (Lipinski definition) is 5. The van der Waals surface area contributed by atoms with E-state index in [0.29, 0.717) is 18.0 Å². The number of nitrogens with zero attached hydrogens (tertiary/aromatic N) is 1.